The van der Waals surface area contributed by atoms with E-state index in [2.05, 4.69) is 109 Å². The Balaban J connectivity index is 1.66. The molecule has 3 nitrogen and oxygen atoms in total. The van der Waals surface area contributed by atoms with Crippen molar-refractivity contribution in [3.8, 4) is 33.8 Å². The van der Waals surface area contributed by atoms with Crippen LogP contribution in [-0.2, 0) is 17.3 Å². The van der Waals surface area contributed by atoms with Gasteiger partial charge in [0, 0.05) is 0 Å². The van der Waals surface area contributed by atoms with Crippen LogP contribution in [0.25, 0.3) is 33.8 Å². The van der Waals surface area contributed by atoms with E-state index in [0.717, 1.165) is 33.8 Å². The van der Waals surface area contributed by atoms with Crippen LogP contribution in [0.4, 0.5) is 0 Å². The van der Waals surface area contributed by atoms with Gasteiger partial charge in [0.05, 0.1) is 0 Å². The standard InChI is InChI=1S/3C11H8N.Mo/c3*1-2-6-10(7-3-1)11-8-4-5-9-12-11;/h3*1-7,9H;. The molecule has 3 aromatic carbocycles. The molecule has 0 saturated heterocycles. The predicted octanol–water partition coefficient (Wildman–Crippen LogP) is 5.77. The molecule has 6 aromatic rings. The summed E-state index contributed by atoms with van der Waals surface area (Å²) < 4.78 is 3.85. The normalized spacial score (nSPS) is 10.9. The molecule has 0 bridgehead atoms. The summed E-state index contributed by atoms with van der Waals surface area (Å²) >= 11 is -2.57. The van der Waals surface area contributed by atoms with Crippen molar-refractivity contribution < 1.29 is 17.3 Å². The molecule has 3 heterocycles. The first kappa shape index (κ1) is 23.2. The van der Waals surface area contributed by atoms with Gasteiger partial charge in [0.15, 0.2) is 0 Å². The van der Waals surface area contributed by atoms with Crippen LogP contribution in [0.1, 0.15) is 0 Å². The fourth-order valence-corrected chi connectivity index (χ4v) is 10.5. The van der Waals surface area contributed by atoms with Gasteiger partial charge in [0.2, 0.25) is 0 Å². The Hall–Kier alpha value is -4.20. The topological polar surface area (TPSA) is 38.7 Å². The third kappa shape index (κ3) is 4.79. The molecule has 0 aliphatic rings. The molecule has 0 atom stereocenters. The van der Waals surface area contributed by atoms with Crippen molar-refractivity contribution in [2.45, 2.75) is 0 Å². The summed E-state index contributed by atoms with van der Waals surface area (Å²) in [4.78, 5) is 14.8. The number of benzene rings is 3. The summed E-state index contributed by atoms with van der Waals surface area (Å²) in [5, 5.41) is 0. The molecule has 6 rings (SSSR count). The Morgan fingerprint density at radius 1 is 0.324 bits per heavy atom. The Bertz CT molecular complexity index is 1420. The second kappa shape index (κ2) is 10.8. The first-order chi connectivity index (χ1) is 18.4. The maximum absolute atomic E-state index is 4.93. The Labute approximate surface area is 223 Å². The molecule has 0 saturated carbocycles. The average molecular weight is 559 g/mol. The second-order valence-corrected chi connectivity index (χ2v) is 13.2. The van der Waals surface area contributed by atoms with Crippen LogP contribution < -0.4 is 11.9 Å². The van der Waals surface area contributed by atoms with Gasteiger partial charge in [-0.3, -0.25) is 0 Å². The molecule has 0 N–H and O–H groups in total. The first-order valence-corrected chi connectivity index (χ1v) is 15.2. The van der Waals surface area contributed by atoms with Crippen molar-refractivity contribution in [3.05, 3.63) is 146 Å². The van der Waals surface area contributed by atoms with Crippen LogP contribution in [-0.4, -0.2) is 15.0 Å². The number of hydrogen-bond acceptors (Lipinski definition) is 3. The average Bonchev–Trinajstić information content (AvgIpc) is 2.99. The van der Waals surface area contributed by atoms with Gasteiger partial charge in [0.1, 0.15) is 0 Å². The van der Waals surface area contributed by atoms with Crippen molar-refractivity contribution in [1.29, 1.82) is 0 Å². The van der Waals surface area contributed by atoms with Gasteiger partial charge >= 0.3 is 224 Å². The van der Waals surface area contributed by atoms with E-state index >= 15 is 0 Å². The zero-order valence-corrected chi connectivity index (χ0v) is 22.1. The number of pyridine rings is 3. The second-order valence-electron chi connectivity index (χ2n) is 8.45. The van der Waals surface area contributed by atoms with E-state index in [1.165, 1.54) is 11.9 Å². The molecule has 0 radical (unpaired) electrons. The van der Waals surface area contributed by atoms with E-state index in [1.807, 2.05) is 36.8 Å². The SMILES string of the molecule is c1ccc(-c2nccc[c]2[Mo]([c]2cccnc2-c2ccccc2)[c]2cccnc2-c2ccccc2)cc1. The molecular formula is C33H24MoN3. The molecule has 0 aliphatic carbocycles. The van der Waals surface area contributed by atoms with Crippen LogP contribution in [0, 0.1) is 0 Å². The van der Waals surface area contributed by atoms with Crippen LogP contribution in [0.5, 0.6) is 0 Å². The van der Waals surface area contributed by atoms with Crippen molar-refractivity contribution in [2.24, 2.45) is 0 Å². The number of aromatic nitrogens is 3. The van der Waals surface area contributed by atoms with Gasteiger partial charge in [-0.25, -0.2) is 0 Å². The molecule has 4 heteroatoms. The van der Waals surface area contributed by atoms with Crippen molar-refractivity contribution >= 4 is 11.9 Å². The third-order valence-electron chi connectivity index (χ3n) is 6.11. The van der Waals surface area contributed by atoms with Crippen LogP contribution in [0.2, 0.25) is 0 Å². The number of nitrogens with zero attached hydrogens (tertiary/aromatic N) is 3. The fourth-order valence-electron chi connectivity index (χ4n) is 4.46. The van der Waals surface area contributed by atoms with Gasteiger partial charge in [0.25, 0.3) is 0 Å². The summed E-state index contributed by atoms with van der Waals surface area (Å²) in [5.74, 6) is 0. The van der Waals surface area contributed by atoms with Gasteiger partial charge < -0.3 is 0 Å². The Kier molecular flexibility index (Phi) is 6.79. The molecule has 177 valence electrons. The molecule has 0 amide bonds. The summed E-state index contributed by atoms with van der Waals surface area (Å²) in [6.45, 7) is 0. The zero-order chi connectivity index (χ0) is 24.9. The van der Waals surface area contributed by atoms with Gasteiger partial charge in [-0.05, 0) is 0 Å². The molecule has 37 heavy (non-hydrogen) atoms. The van der Waals surface area contributed by atoms with Crippen molar-refractivity contribution in [1.82, 2.24) is 15.0 Å². The van der Waals surface area contributed by atoms with Crippen LogP contribution in [0.15, 0.2) is 146 Å². The van der Waals surface area contributed by atoms with Gasteiger partial charge in [-0.15, -0.1) is 0 Å². The van der Waals surface area contributed by atoms with E-state index in [9.17, 15) is 0 Å². The van der Waals surface area contributed by atoms with Gasteiger partial charge in [-0.2, -0.15) is 0 Å². The van der Waals surface area contributed by atoms with Crippen molar-refractivity contribution in [2.75, 3.05) is 0 Å². The first-order valence-electron chi connectivity index (χ1n) is 12.2. The molecule has 0 fully saturated rings. The monoisotopic (exact) mass is 560 g/mol. The zero-order valence-electron chi connectivity index (χ0n) is 20.1. The molecule has 0 aliphatic heterocycles. The van der Waals surface area contributed by atoms with E-state index in [1.54, 1.807) is 0 Å². The minimum absolute atomic E-state index is 1.03. The third-order valence-corrected chi connectivity index (χ3v) is 11.8. The Morgan fingerprint density at radius 3 is 0.919 bits per heavy atom. The molecule has 0 spiro atoms. The number of rotatable bonds is 6. The molecule has 3 aromatic heterocycles. The summed E-state index contributed by atoms with van der Waals surface area (Å²) in [7, 11) is 0. The van der Waals surface area contributed by atoms with E-state index in [4.69, 9.17) is 15.0 Å². The van der Waals surface area contributed by atoms with E-state index in [-0.39, 0.29) is 0 Å². The maximum atomic E-state index is 4.93. The van der Waals surface area contributed by atoms with Crippen molar-refractivity contribution in [3.63, 3.8) is 0 Å². The summed E-state index contributed by atoms with van der Waals surface area (Å²) in [6, 6.07) is 44.4. The summed E-state index contributed by atoms with van der Waals surface area (Å²) in [5.41, 5.74) is 6.47. The molecular weight excluding hydrogens is 534 g/mol. The quantitative estimate of drug-likeness (QED) is 0.244. The van der Waals surface area contributed by atoms with Crippen LogP contribution in [0.3, 0.4) is 0 Å². The fraction of sp³-hybridized carbons (Fsp3) is 0. The molecule has 0 unspecified atom stereocenters. The van der Waals surface area contributed by atoms with E-state index < -0.39 is 17.3 Å². The summed E-state index contributed by atoms with van der Waals surface area (Å²) in [6.07, 6.45) is 5.68. The van der Waals surface area contributed by atoms with Crippen LogP contribution >= 0.6 is 0 Å². The van der Waals surface area contributed by atoms with E-state index in [0.29, 0.717) is 0 Å². The minimum atomic E-state index is -2.57. The Morgan fingerprint density at radius 2 is 0.622 bits per heavy atom. The number of hydrogen-bond donors (Lipinski definition) is 0. The van der Waals surface area contributed by atoms with Gasteiger partial charge in [-0.1, -0.05) is 0 Å². The predicted molar refractivity (Wildman–Crippen MR) is 148 cm³/mol.